The van der Waals surface area contributed by atoms with Gasteiger partial charge in [-0.25, -0.2) is 4.98 Å². The first-order chi connectivity index (χ1) is 9.77. The second-order valence-corrected chi connectivity index (χ2v) is 6.43. The van der Waals surface area contributed by atoms with Gasteiger partial charge in [0.25, 0.3) is 0 Å². The van der Waals surface area contributed by atoms with Gasteiger partial charge in [0, 0.05) is 21.6 Å². The number of nitrogens with two attached hydrogens (primary N) is 1. The minimum absolute atomic E-state index is 0.181. The number of hydrogen-bond donors (Lipinski definition) is 1. The minimum Gasteiger partial charge on any atom is -0.324 e. The van der Waals surface area contributed by atoms with E-state index in [1.54, 1.807) is 0 Å². The molecule has 0 spiro atoms. The molecule has 1 heterocycles. The lowest BCUT2D eigenvalue weighted by Crippen LogP contribution is -2.07. The van der Waals surface area contributed by atoms with E-state index in [0.717, 1.165) is 27.2 Å². The van der Waals surface area contributed by atoms with Gasteiger partial charge >= 0.3 is 6.18 Å². The largest absolute Gasteiger partial charge is 0.417 e. The highest BCUT2D eigenvalue weighted by atomic mass is 79.9. The Bertz CT molecular complexity index is 627. The third kappa shape index (κ3) is 4.21. The SMILES string of the molecule is CC(N)c1cc(Br)ccc1Sc1ccc(C(F)(F)F)cn1. The molecule has 0 aliphatic heterocycles. The highest BCUT2D eigenvalue weighted by molar-refractivity contribution is 9.10. The van der Waals surface area contributed by atoms with Crippen molar-refractivity contribution in [1.29, 1.82) is 0 Å². The van der Waals surface area contributed by atoms with E-state index in [0.29, 0.717) is 5.03 Å². The average molecular weight is 377 g/mol. The van der Waals surface area contributed by atoms with Crippen LogP contribution in [0.5, 0.6) is 0 Å². The van der Waals surface area contributed by atoms with E-state index in [1.165, 1.54) is 17.8 Å². The molecule has 1 unspecified atom stereocenters. The summed E-state index contributed by atoms with van der Waals surface area (Å²) in [4.78, 5) is 4.73. The molecule has 1 aromatic heterocycles. The number of benzene rings is 1. The van der Waals surface area contributed by atoms with E-state index >= 15 is 0 Å². The van der Waals surface area contributed by atoms with Gasteiger partial charge in [-0.2, -0.15) is 13.2 Å². The first-order valence-electron chi connectivity index (χ1n) is 6.03. The number of rotatable bonds is 3. The van der Waals surface area contributed by atoms with Crippen LogP contribution in [-0.2, 0) is 6.18 Å². The number of nitrogens with zero attached hydrogens (tertiary/aromatic N) is 1. The summed E-state index contributed by atoms with van der Waals surface area (Å²) in [5.74, 6) is 0. The summed E-state index contributed by atoms with van der Waals surface area (Å²) in [6.45, 7) is 1.85. The zero-order valence-electron chi connectivity index (χ0n) is 11.0. The van der Waals surface area contributed by atoms with Crippen LogP contribution in [-0.4, -0.2) is 4.98 Å². The maximum Gasteiger partial charge on any atom is 0.417 e. The van der Waals surface area contributed by atoms with Crippen LogP contribution in [0.4, 0.5) is 13.2 Å². The molecule has 1 atom stereocenters. The maximum atomic E-state index is 12.5. The molecule has 2 N–H and O–H groups in total. The van der Waals surface area contributed by atoms with E-state index in [-0.39, 0.29) is 6.04 Å². The summed E-state index contributed by atoms with van der Waals surface area (Å²) < 4.78 is 38.4. The van der Waals surface area contributed by atoms with Crippen LogP contribution in [0.3, 0.4) is 0 Å². The van der Waals surface area contributed by atoms with Crippen LogP contribution >= 0.6 is 27.7 Å². The van der Waals surface area contributed by atoms with Crippen molar-refractivity contribution in [3.8, 4) is 0 Å². The van der Waals surface area contributed by atoms with Crippen molar-refractivity contribution in [1.82, 2.24) is 4.98 Å². The molecule has 0 radical (unpaired) electrons. The highest BCUT2D eigenvalue weighted by Gasteiger charge is 2.30. The summed E-state index contributed by atoms with van der Waals surface area (Å²) >= 11 is 4.67. The summed E-state index contributed by atoms with van der Waals surface area (Å²) in [5.41, 5.74) is 6.07. The molecule has 0 saturated heterocycles. The van der Waals surface area contributed by atoms with Crippen molar-refractivity contribution in [2.24, 2.45) is 5.73 Å². The zero-order chi connectivity index (χ0) is 15.6. The van der Waals surface area contributed by atoms with Crippen molar-refractivity contribution in [2.45, 2.75) is 29.1 Å². The normalized spacial score (nSPS) is 13.2. The van der Waals surface area contributed by atoms with Gasteiger partial charge in [0.05, 0.1) is 5.56 Å². The smallest absolute Gasteiger partial charge is 0.324 e. The van der Waals surface area contributed by atoms with Crippen molar-refractivity contribution in [3.05, 3.63) is 52.1 Å². The zero-order valence-corrected chi connectivity index (χ0v) is 13.4. The van der Waals surface area contributed by atoms with Crippen molar-refractivity contribution in [2.75, 3.05) is 0 Å². The van der Waals surface area contributed by atoms with Crippen LogP contribution in [0.2, 0.25) is 0 Å². The summed E-state index contributed by atoms with van der Waals surface area (Å²) in [6.07, 6.45) is -3.53. The Morgan fingerprint density at radius 2 is 1.95 bits per heavy atom. The Morgan fingerprint density at radius 1 is 1.24 bits per heavy atom. The Balaban J connectivity index is 2.26. The molecule has 0 bridgehead atoms. The first-order valence-corrected chi connectivity index (χ1v) is 7.64. The number of halogens is 4. The Morgan fingerprint density at radius 3 is 2.48 bits per heavy atom. The molecule has 0 aliphatic rings. The molecule has 7 heteroatoms. The molecular weight excluding hydrogens is 365 g/mol. The van der Waals surface area contributed by atoms with Gasteiger partial charge in [-0.3, -0.25) is 0 Å². The molecule has 1 aromatic carbocycles. The fraction of sp³-hybridized carbons (Fsp3) is 0.214. The predicted octanol–water partition coefficient (Wildman–Crippen LogP) is 5.03. The second kappa shape index (κ2) is 6.37. The number of aromatic nitrogens is 1. The Labute approximate surface area is 133 Å². The number of pyridine rings is 1. The standard InChI is InChI=1S/C14H12BrF3N2S/c1-8(19)11-6-10(15)3-4-12(11)21-13-5-2-9(7-20-13)14(16,17)18/h2-8H,19H2,1H3. The van der Waals surface area contributed by atoms with E-state index < -0.39 is 11.7 Å². The van der Waals surface area contributed by atoms with E-state index in [1.807, 2.05) is 25.1 Å². The quantitative estimate of drug-likeness (QED) is 0.815. The molecule has 2 rings (SSSR count). The van der Waals surface area contributed by atoms with Crippen molar-refractivity contribution in [3.63, 3.8) is 0 Å². The van der Waals surface area contributed by atoms with E-state index in [9.17, 15) is 13.2 Å². The first kappa shape index (κ1) is 16.3. The van der Waals surface area contributed by atoms with Crippen LogP contribution in [0, 0.1) is 0 Å². The molecule has 0 aliphatic carbocycles. The van der Waals surface area contributed by atoms with Gasteiger partial charge in [0.2, 0.25) is 0 Å². The monoisotopic (exact) mass is 376 g/mol. The van der Waals surface area contributed by atoms with Gasteiger partial charge < -0.3 is 5.73 Å². The second-order valence-electron chi connectivity index (χ2n) is 4.46. The molecule has 2 nitrogen and oxygen atoms in total. The molecular formula is C14H12BrF3N2S. The molecule has 0 amide bonds. The lowest BCUT2D eigenvalue weighted by molar-refractivity contribution is -0.137. The van der Waals surface area contributed by atoms with Crippen LogP contribution in [0.25, 0.3) is 0 Å². The van der Waals surface area contributed by atoms with Crippen LogP contribution in [0.1, 0.15) is 24.1 Å². The lowest BCUT2D eigenvalue weighted by atomic mass is 10.1. The molecule has 0 saturated carbocycles. The summed E-state index contributed by atoms with van der Waals surface area (Å²) in [7, 11) is 0. The molecule has 21 heavy (non-hydrogen) atoms. The van der Waals surface area contributed by atoms with Gasteiger partial charge in [-0.05, 0) is 42.8 Å². The van der Waals surface area contributed by atoms with Gasteiger partial charge in [-0.15, -0.1) is 0 Å². The average Bonchev–Trinajstić information content (AvgIpc) is 2.40. The van der Waals surface area contributed by atoms with Crippen LogP contribution in [0.15, 0.2) is 50.9 Å². The summed E-state index contributed by atoms with van der Waals surface area (Å²) in [5, 5.41) is 0.493. The number of alkyl halides is 3. The van der Waals surface area contributed by atoms with Crippen molar-refractivity contribution < 1.29 is 13.2 Å². The van der Waals surface area contributed by atoms with Crippen molar-refractivity contribution >= 4 is 27.7 Å². The van der Waals surface area contributed by atoms with Gasteiger partial charge in [0.1, 0.15) is 5.03 Å². The maximum absolute atomic E-state index is 12.5. The van der Waals surface area contributed by atoms with Crippen LogP contribution < -0.4 is 5.73 Å². The molecule has 112 valence electrons. The third-order valence-electron chi connectivity index (χ3n) is 2.74. The molecule has 2 aromatic rings. The van der Waals surface area contributed by atoms with E-state index in [2.05, 4.69) is 20.9 Å². The molecule has 0 fully saturated rings. The third-order valence-corrected chi connectivity index (χ3v) is 4.28. The minimum atomic E-state index is -4.37. The van der Waals surface area contributed by atoms with E-state index in [4.69, 9.17) is 5.73 Å². The fourth-order valence-corrected chi connectivity index (χ4v) is 3.03. The topological polar surface area (TPSA) is 38.9 Å². The Hall–Kier alpha value is -1.05. The number of hydrogen-bond acceptors (Lipinski definition) is 3. The fourth-order valence-electron chi connectivity index (χ4n) is 1.69. The van der Waals surface area contributed by atoms with Gasteiger partial charge in [-0.1, -0.05) is 27.7 Å². The predicted molar refractivity (Wildman–Crippen MR) is 80.1 cm³/mol. The Kier molecular flexibility index (Phi) is 4.95. The lowest BCUT2D eigenvalue weighted by Gasteiger charge is -2.13. The summed E-state index contributed by atoms with van der Waals surface area (Å²) in [6, 6.07) is 7.84. The van der Waals surface area contributed by atoms with Gasteiger partial charge in [0.15, 0.2) is 0 Å². The highest BCUT2D eigenvalue weighted by Crippen LogP contribution is 2.35.